The quantitative estimate of drug-likeness (QED) is 0.206. The molecule has 0 spiro atoms. The highest BCUT2D eigenvalue weighted by Crippen LogP contribution is 2.44. The van der Waals surface area contributed by atoms with E-state index >= 15 is 0 Å². The van der Waals surface area contributed by atoms with Gasteiger partial charge in [0.25, 0.3) is 0 Å². The van der Waals surface area contributed by atoms with Crippen molar-refractivity contribution in [1.82, 2.24) is 9.13 Å². The van der Waals surface area contributed by atoms with Crippen molar-refractivity contribution in [3.63, 3.8) is 0 Å². The van der Waals surface area contributed by atoms with E-state index in [2.05, 4.69) is 161 Å². The molecule has 3 nitrogen and oxygen atoms in total. The minimum Gasteiger partial charge on any atom is -0.454 e. The highest BCUT2D eigenvalue weighted by molar-refractivity contribution is 6.21. The Balaban J connectivity index is 1.37. The Hall–Kier alpha value is -6.06. The summed E-state index contributed by atoms with van der Waals surface area (Å²) in [5, 5.41) is 7.20. The Kier molecular flexibility index (Phi) is 5.00. The largest absolute Gasteiger partial charge is 0.454 e. The zero-order valence-corrected chi connectivity index (χ0v) is 24.3. The van der Waals surface area contributed by atoms with Crippen LogP contribution in [0.25, 0.3) is 88.1 Å². The van der Waals surface area contributed by atoms with Crippen molar-refractivity contribution in [3.8, 4) is 22.5 Å². The van der Waals surface area contributed by atoms with E-state index in [0.29, 0.717) is 0 Å². The number of rotatable bonds is 3. The lowest BCUT2D eigenvalue weighted by atomic mass is 9.97. The van der Waals surface area contributed by atoms with Gasteiger partial charge in [0.15, 0.2) is 5.58 Å². The first kappa shape index (κ1) is 24.4. The van der Waals surface area contributed by atoms with Crippen LogP contribution in [0.15, 0.2) is 162 Å². The third-order valence-electron chi connectivity index (χ3n) is 9.32. The van der Waals surface area contributed by atoms with E-state index in [1.807, 2.05) is 6.07 Å². The molecule has 10 rings (SSSR count). The number of fused-ring (bicyclic) bond motifs is 9. The lowest BCUT2D eigenvalue weighted by molar-refractivity contribution is 0.666. The van der Waals surface area contributed by atoms with Gasteiger partial charge in [-0.3, -0.25) is 0 Å². The van der Waals surface area contributed by atoms with E-state index < -0.39 is 0 Å². The van der Waals surface area contributed by atoms with Gasteiger partial charge in [0, 0.05) is 43.6 Å². The zero-order chi connectivity index (χ0) is 29.5. The molecular formula is C42H26N2O. The van der Waals surface area contributed by atoms with Gasteiger partial charge < -0.3 is 13.6 Å². The smallest absolute Gasteiger partial charge is 0.159 e. The highest BCUT2D eigenvalue weighted by Gasteiger charge is 2.22. The summed E-state index contributed by atoms with van der Waals surface area (Å²) in [6.45, 7) is 0. The Morgan fingerprint density at radius 3 is 1.84 bits per heavy atom. The van der Waals surface area contributed by atoms with Crippen molar-refractivity contribution in [2.45, 2.75) is 0 Å². The molecule has 10 aromatic rings. The van der Waals surface area contributed by atoms with E-state index in [0.717, 1.165) is 38.8 Å². The van der Waals surface area contributed by atoms with Crippen LogP contribution < -0.4 is 0 Å². The van der Waals surface area contributed by atoms with Crippen LogP contribution in [0, 0.1) is 0 Å². The first-order chi connectivity index (χ1) is 22.4. The van der Waals surface area contributed by atoms with Crippen molar-refractivity contribution < 1.29 is 4.42 Å². The lowest BCUT2D eigenvalue weighted by Gasteiger charge is -2.13. The first-order valence-corrected chi connectivity index (χ1v) is 15.4. The summed E-state index contributed by atoms with van der Waals surface area (Å²) >= 11 is 0. The number of benzene rings is 7. The molecule has 7 aromatic carbocycles. The Bertz CT molecular complexity index is 2760. The van der Waals surface area contributed by atoms with Gasteiger partial charge in [0.05, 0.1) is 27.8 Å². The molecule has 3 aromatic heterocycles. The second kappa shape index (κ2) is 9.22. The molecule has 0 N–H and O–H groups in total. The fourth-order valence-electron chi connectivity index (χ4n) is 7.49. The van der Waals surface area contributed by atoms with Crippen LogP contribution in [0.5, 0.6) is 0 Å². The number of para-hydroxylation sites is 6. The second-order valence-electron chi connectivity index (χ2n) is 11.7. The van der Waals surface area contributed by atoms with Gasteiger partial charge in [-0.25, -0.2) is 0 Å². The molecule has 0 saturated carbocycles. The average molecular weight is 575 g/mol. The Morgan fingerprint density at radius 1 is 0.378 bits per heavy atom. The molecule has 3 heterocycles. The van der Waals surface area contributed by atoms with Crippen LogP contribution in [-0.2, 0) is 0 Å². The molecule has 0 aliphatic carbocycles. The first-order valence-electron chi connectivity index (χ1n) is 15.4. The van der Waals surface area contributed by atoms with E-state index in [1.54, 1.807) is 0 Å². The maximum atomic E-state index is 6.61. The molecule has 0 bridgehead atoms. The van der Waals surface area contributed by atoms with Gasteiger partial charge in [-0.2, -0.15) is 0 Å². The van der Waals surface area contributed by atoms with Gasteiger partial charge in [-0.1, -0.05) is 115 Å². The Morgan fingerprint density at radius 2 is 0.978 bits per heavy atom. The van der Waals surface area contributed by atoms with Crippen molar-refractivity contribution in [3.05, 3.63) is 158 Å². The molecule has 3 heteroatoms. The summed E-state index contributed by atoms with van der Waals surface area (Å²) < 4.78 is 11.4. The third-order valence-corrected chi connectivity index (χ3v) is 9.32. The molecule has 0 unspecified atom stereocenters. The van der Waals surface area contributed by atoms with E-state index in [9.17, 15) is 0 Å². The standard InChI is InChI=1S/C42H26N2O/c1-2-13-27(14-3-1)43-36-23-8-5-17-34(36)40-30(18-11-24-37(40)43)32-20-10-19-31-28-15-4-7-22-35(28)44(41(31)32)38-25-12-21-33-29-16-6-9-26-39(29)45-42(33)38/h1-26H. The van der Waals surface area contributed by atoms with Gasteiger partial charge >= 0.3 is 0 Å². The van der Waals surface area contributed by atoms with E-state index in [-0.39, 0.29) is 0 Å². The van der Waals surface area contributed by atoms with Crippen LogP contribution in [0.4, 0.5) is 0 Å². The predicted octanol–water partition coefficient (Wildman–Crippen LogP) is 11.4. The predicted molar refractivity (Wildman–Crippen MR) is 188 cm³/mol. The van der Waals surface area contributed by atoms with Crippen molar-refractivity contribution >= 4 is 65.6 Å². The van der Waals surface area contributed by atoms with Crippen LogP contribution in [-0.4, -0.2) is 9.13 Å². The molecule has 0 aliphatic heterocycles. The summed E-state index contributed by atoms with van der Waals surface area (Å²) in [5.74, 6) is 0. The van der Waals surface area contributed by atoms with Gasteiger partial charge in [-0.15, -0.1) is 0 Å². The van der Waals surface area contributed by atoms with Crippen LogP contribution in [0.2, 0.25) is 0 Å². The molecular weight excluding hydrogens is 548 g/mol. The summed E-state index contributed by atoms with van der Waals surface area (Å²) in [7, 11) is 0. The SMILES string of the molecule is c1ccc(-n2c3ccccc3c3c(-c4cccc5c6ccccc6n(-c6cccc7c6oc6ccccc67)c45)cccc32)cc1. The molecule has 0 saturated heterocycles. The highest BCUT2D eigenvalue weighted by atomic mass is 16.3. The molecule has 0 radical (unpaired) electrons. The third kappa shape index (κ3) is 3.35. The van der Waals surface area contributed by atoms with E-state index in [1.165, 1.54) is 49.2 Å². The van der Waals surface area contributed by atoms with E-state index in [4.69, 9.17) is 4.42 Å². The molecule has 0 fully saturated rings. The number of furan rings is 1. The Labute approximate surface area is 258 Å². The average Bonchev–Trinajstić information content (AvgIpc) is 3.77. The minimum atomic E-state index is 0.898. The summed E-state index contributed by atoms with van der Waals surface area (Å²) in [6, 6.07) is 56.4. The number of nitrogens with zero attached hydrogens (tertiary/aromatic N) is 2. The normalized spacial score (nSPS) is 12.0. The van der Waals surface area contributed by atoms with Gasteiger partial charge in [-0.05, 0) is 48.0 Å². The topological polar surface area (TPSA) is 23.0 Å². The maximum Gasteiger partial charge on any atom is 0.159 e. The lowest BCUT2D eigenvalue weighted by Crippen LogP contribution is -1.96. The summed E-state index contributed by atoms with van der Waals surface area (Å²) in [6.07, 6.45) is 0. The molecule has 0 amide bonds. The fraction of sp³-hybridized carbons (Fsp3) is 0. The number of hydrogen-bond acceptors (Lipinski definition) is 1. The van der Waals surface area contributed by atoms with Crippen molar-refractivity contribution in [2.24, 2.45) is 0 Å². The number of aromatic nitrogens is 2. The van der Waals surface area contributed by atoms with Crippen LogP contribution >= 0.6 is 0 Å². The zero-order valence-electron chi connectivity index (χ0n) is 24.3. The van der Waals surface area contributed by atoms with Crippen molar-refractivity contribution in [2.75, 3.05) is 0 Å². The molecule has 0 aliphatic rings. The van der Waals surface area contributed by atoms with Gasteiger partial charge in [0.2, 0.25) is 0 Å². The second-order valence-corrected chi connectivity index (χ2v) is 11.7. The molecule has 45 heavy (non-hydrogen) atoms. The van der Waals surface area contributed by atoms with Crippen LogP contribution in [0.3, 0.4) is 0 Å². The minimum absolute atomic E-state index is 0.898. The maximum absolute atomic E-state index is 6.61. The molecule has 0 atom stereocenters. The fourth-order valence-corrected chi connectivity index (χ4v) is 7.49. The number of hydrogen-bond donors (Lipinski definition) is 0. The van der Waals surface area contributed by atoms with Crippen LogP contribution in [0.1, 0.15) is 0 Å². The molecule has 210 valence electrons. The van der Waals surface area contributed by atoms with Gasteiger partial charge in [0.1, 0.15) is 5.58 Å². The monoisotopic (exact) mass is 574 g/mol. The summed E-state index contributed by atoms with van der Waals surface area (Å²) in [5.41, 5.74) is 11.1. The van der Waals surface area contributed by atoms with Crippen molar-refractivity contribution in [1.29, 1.82) is 0 Å². The summed E-state index contributed by atoms with van der Waals surface area (Å²) in [4.78, 5) is 0.